The molecule has 5 nitrogen and oxygen atoms in total. The molecule has 0 aliphatic carbocycles. The molecule has 0 aliphatic rings. The van der Waals surface area contributed by atoms with Crippen LogP contribution in [0.15, 0.2) is 78.9 Å². The first-order chi connectivity index (χ1) is 14.1. The highest BCUT2D eigenvalue weighted by Gasteiger charge is 2.20. The maximum atomic E-state index is 12.7. The minimum Gasteiger partial charge on any atom is -0.457 e. The molecule has 0 amide bonds. The number of ether oxygens (including phenoxy) is 1. The largest absolute Gasteiger partial charge is 0.457 e. The van der Waals surface area contributed by atoms with Crippen molar-refractivity contribution in [3.8, 4) is 11.5 Å². The van der Waals surface area contributed by atoms with Gasteiger partial charge in [0, 0.05) is 11.3 Å². The van der Waals surface area contributed by atoms with Crippen molar-refractivity contribution < 1.29 is 9.53 Å². The third-order valence-electron chi connectivity index (χ3n) is 4.06. The zero-order valence-corrected chi connectivity index (χ0v) is 16.7. The van der Waals surface area contributed by atoms with Gasteiger partial charge in [-0.15, -0.1) is 0 Å². The molecule has 3 N–H and O–H groups in total. The first-order valence-corrected chi connectivity index (χ1v) is 9.95. The molecule has 0 spiro atoms. The Labute approximate surface area is 176 Å². The number of hydrogen-bond acceptors (Lipinski definition) is 6. The Morgan fingerprint density at radius 3 is 2.31 bits per heavy atom. The Kier molecular flexibility index (Phi) is 5.46. The SMILES string of the molecule is Nc1nc(Nc2ccc(Oc3ccccc3)cc2)sc1C(=O)c1ccccc1Cl. The van der Waals surface area contributed by atoms with E-state index in [1.54, 1.807) is 24.3 Å². The van der Waals surface area contributed by atoms with E-state index in [0.717, 1.165) is 17.2 Å². The lowest BCUT2D eigenvalue weighted by Gasteiger charge is -2.07. The highest BCUT2D eigenvalue weighted by molar-refractivity contribution is 7.18. The van der Waals surface area contributed by atoms with Crippen LogP contribution in [0.4, 0.5) is 16.6 Å². The van der Waals surface area contributed by atoms with Crippen LogP contribution < -0.4 is 15.8 Å². The molecule has 0 saturated carbocycles. The van der Waals surface area contributed by atoms with Crippen LogP contribution in [0.1, 0.15) is 15.2 Å². The normalized spacial score (nSPS) is 10.5. The lowest BCUT2D eigenvalue weighted by atomic mass is 10.1. The summed E-state index contributed by atoms with van der Waals surface area (Å²) in [6, 6.07) is 23.9. The number of ketones is 1. The highest BCUT2D eigenvalue weighted by Crippen LogP contribution is 2.32. The second-order valence-electron chi connectivity index (χ2n) is 6.11. The van der Waals surface area contributed by atoms with Crippen LogP contribution in [0.25, 0.3) is 0 Å². The minimum atomic E-state index is -0.245. The van der Waals surface area contributed by atoms with Gasteiger partial charge < -0.3 is 15.8 Å². The molecule has 4 aromatic rings. The molecule has 0 atom stereocenters. The summed E-state index contributed by atoms with van der Waals surface area (Å²) in [6.45, 7) is 0. The molecule has 1 heterocycles. The number of thiazole rings is 1. The minimum absolute atomic E-state index is 0.173. The fourth-order valence-corrected chi connectivity index (χ4v) is 3.75. The van der Waals surface area contributed by atoms with Gasteiger partial charge in [0.25, 0.3) is 0 Å². The summed E-state index contributed by atoms with van der Waals surface area (Å²) in [6.07, 6.45) is 0. The van der Waals surface area contributed by atoms with Crippen molar-refractivity contribution in [3.05, 3.63) is 94.3 Å². The molecule has 144 valence electrons. The number of carbonyl (C=O) groups is 1. The lowest BCUT2D eigenvalue weighted by Crippen LogP contribution is -2.03. The highest BCUT2D eigenvalue weighted by atomic mass is 35.5. The summed E-state index contributed by atoms with van der Waals surface area (Å²) >= 11 is 7.31. The van der Waals surface area contributed by atoms with Crippen molar-refractivity contribution in [2.75, 3.05) is 11.1 Å². The average Bonchev–Trinajstić information content (AvgIpc) is 3.10. The number of nitrogens with zero attached hydrogens (tertiary/aromatic N) is 1. The monoisotopic (exact) mass is 421 g/mol. The summed E-state index contributed by atoms with van der Waals surface area (Å²) in [5.41, 5.74) is 7.17. The Morgan fingerprint density at radius 2 is 1.59 bits per heavy atom. The van der Waals surface area contributed by atoms with E-state index in [9.17, 15) is 4.79 Å². The van der Waals surface area contributed by atoms with Gasteiger partial charge in [-0.25, -0.2) is 4.98 Å². The second kappa shape index (κ2) is 8.34. The van der Waals surface area contributed by atoms with Crippen LogP contribution in [0.3, 0.4) is 0 Å². The van der Waals surface area contributed by atoms with Crippen molar-refractivity contribution >= 4 is 45.4 Å². The number of benzene rings is 3. The van der Waals surface area contributed by atoms with Crippen molar-refractivity contribution in [2.45, 2.75) is 0 Å². The van der Waals surface area contributed by atoms with Gasteiger partial charge in [0.1, 0.15) is 22.2 Å². The molecular formula is C22H16ClN3O2S. The van der Waals surface area contributed by atoms with Gasteiger partial charge in [-0.3, -0.25) is 4.79 Å². The van der Waals surface area contributed by atoms with E-state index < -0.39 is 0 Å². The number of aromatic nitrogens is 1. The number of carbonyl (C=O) groups excluding carboxylic acids is 1. The zero-order valence-electron chi connectivity index (χ0n) is 15.1. The maximum absolute atomic E-state index is 12.7. The quantitative estimate of drug-likeness (QED) is 0.365. The number of halogens is 1. The van der Waals surface area contributed by atoms with Crippen LogP contribution in [0.5, 0.6) is 11.5 Å². The first kappa shape index (κ1) is 19.0. The van der Waals surface area contributed by atoms with Crippen LogP contribution in [-0.2, 0) is 0 Å². The van der Waals surface area contributed by atoms with E-state index in [4.69, 9.17) is 22.1 Å². The van der Waals surface area contributed by atoms with Gasteiger partial charge in [0.2, 0.25) is 5.78 Å². The molecule has 1 aromatic heterocycles. The van der Waals surface area contributed by atoms with E-state index in [1.165, 1.54) is 11.3 Å². The topological polar surface area (TPSA) is 77.2 Å². The molecule has 0 radical (unpaired) electrons. The summed E-state index contributed by atoms with van der Waals surface area (Å²) in [4.78, 5) is 17.3. The molecule has 3 aromatic carbocycles. The number of nitrogens with two attached hydrogens (primary N) is 1. The van der Waals surface area contributed by atoms with Gasteiger partial charge >= 0.3 is 0 Å². The third-order valence-corrected chi connectivity index (χ3v) is 5.38. The first-order valence-electron chi connectivity index (χ1n) is 8.75. The molecule has 7 heteroatoms. The van der Waals surface area contributed by atoms with Crippen LogP contribution in [0, 0.1) is 0 Å². The number of hydrogen-bond donors (Lipinski definition) is 2. The van der Waals surface area contributed by atoms with E-state index >= 15 is 0 Å². The van der Waals surface area contributed by atoms with Crippen molar-refractivity contribution in [1.82, 2.24) is 4.98 Å². The van der Waals surface area contributed by atoms with Gasteiger partial charge in [-0.05, 0) is 48.5 Å². The molecule has 0 bridgehead atoms. The van der Waals surface area contributed by atoms with Gasteiger partial charge in [0.05, 0.1) is 5.02 Å². The van der Waals surface area contributed by atoms with Gasteiger partial charge in [0.15, 0.2) is 5.13 Å². The Bertz CT molecular complexity index is 1140. The van der Waals surface area contributed by atoms with E-state index in [-0.39, 0.29) is 11.6 Å². The van der Waals surface area contributed by atoms with Crippen molar-refractivity contribution in [1.29, 1.82) is 0 Å². The van der Waals surface area contributed by atoms with Crippen LogP contribution in [0.2, 0.25) is 5.02 Å². The third kappa shape index (κ3) is 4.39. The number of nitrogens with one attached hydrogen (secondary N) is 1. The summed E-state index contributed by atoms with van der Waals surface area (Å²) in [7, 11) is 0. The molecule has 0 saturated heterocycles. The van der Waals surface area contributed by atoms with Gasteiger partial charge in [-0.2, -0.15) is 0 Å². The van der Waals surface area contributed by atoms with E-state index in [1.807, 2.05) is 54.6 Å². The number of rotatable bonds is 6. The average molecular weight is 422 g/mol. The lowest BCUT2D eigenvalue weighted by molar-refractivity contribution is 0.104. The smallest absolute Gasteiger partial charge is 0.208 e. The summed E-state index contributed by atoms with van der Waals surface area (Å²) in [5, 5.41) is 4.07. The standard InChI is InChI=1S/C22H16ClN3O2S/c23-18-9-5-4-8-17(18)19(27)20-21(24)26-22(29-20)25-14-10-12-16(13-11-14)28-15-6-2-1-3-7-15/h1-13H,24H2,(H,25,26). The molecule has 0 fully saturated rings. The van der Waals surface area contributed by atoms with Crippen LogP contribution in [-0.4, -0.2) is 10.8 Å². The molecule has 0 aliphatic heterocycles. The second-order valence-corrected chi connectivity index (χ2v) is 7.51. The number of para-hydroxylation sites is 1. The Morgan fingerprint density at radius 1 is 0.931 bits per heavy atom. The summed E-state index contributed by atoms with van der Waals surface area (Å²) in [5.74, 6) is 1.41. The predicted octanol–water partition coefficient (Wildman–Crippen LogP) is 6.15. The fourth-order valence-electron chi connectivity index (χ4n) is 2.67. The molecule has 29 heavy (non-hydrogen) atoms. The van der Waals surface area contributed by atoms with Gasteiger partial charge in [-0.1, -0.05) is 53.3 Å². The van der Waals surface area contributed by atoms with E-state index in [2.05, 4.69) is 10.3 Å². The molecule has 4 rings (SSSR count). The fraction of sp³-hybridized carbons (Fsp3) is 0. The number of anilines is 3. The Balaban J connectivity index is 1.48. The summed E-state index contributed by atoms with van der Waals surface area (Å²) < 4.78 is 5.78. The molecular weight excluding hydrogens is 406 g/mol. The Hall–Kier alpha value is -3.35. The maximum Gasteiger partial charge on any atom is 0.208 e. The molecule has 0 unspecified atom stereocenters. The van der Waals surface area contributed by atoms with Crippen LogP contribution >= 0.6 is 22.9 Å². The number of nitrogen functional groups attached to an aromatic ring is 1. The predicted molar refractivity (Wildman–Crippen MR) is 118 cm³/mol. The zero-order chi connectivity index (χ0) is 20.2. The van der Waals surface area contributed by atoms with E-state index in [0.29, 0.717) is 20.6 Å². The van der Waals surface area contributed by atoms with Crippen molar-refractivity contribution in [3.63, 3.8) is 0 Å². The van der Waals surface area contributed by atoms with Crippen molar-refractivity contribution in [2.24, 2.45) is 0 Å².